The quantitative estimate of drug-likeness (QED) is 0.753. The molecule has 0 fully saturated rings. The Morgan fingerprint density at radius 3 is 2.32 bits per heavy atom. The molecule has 28 heavy (non-hydrogen) atoms. The molecule has 10 heteroatoms. The normalized spacial score (nSPS) is 12.2. The van der Waals surface area contributed by atoms with Crippen molar-refractivity contribution in [3.8, 4) is 11.5 Å². The van der Waals surface area contributed by atoms with E-state index in [0.717, 1.165) is 22.7 Å². The molecule has 0 aliphatic rings. The van der Waals surface area contributed by atoms with Crippen molar-refractivity contribution in [1.82, 2.24) is 0 Å². The van der Waals surface area contributed by atoms with Gasteiger partial charge < -0.3 is 14.8 Å². The Hall–Kier alpha value is -2.88. The summed E-state index contributed by atoms with van der Waals surface area (Å²) in [7, 11) is -1.19. The van der Waals surface area contributed by atoms with E-state index in [1.807, 2.05) is 0 Å². The van der Waals surface area contributed by atoms with Gasteiger partial charge in [-0.05, 0) is 31.2 Å². The van der Waals surface area contributed by atoms with Crippen molar-refractivity contribution >= 4 is 27.3 Å². The summed E-state index contributed by atoms with van der Waals surface area (Å²) in [6.45, 7) is 1.33. The van der Waals surface area contributed by atoms with E-state index >= 15 is 0 Å². The molecule has 2 aromatic carbocycles. The molecular formula is C18H20F2N2O5S. The summed E-state index contributed by atoms with van der Waals surface area (Å²) in [6, 6.07) is 5.83. The van der Waals surface area contributed by atoms with E-state index in [0.29, 0.717) is 11.8 Å². The van der Waals surface area contributed by atoms with Crippen molar-refractivity contribution in [2.24, 2.45) is 0 Å². The predicted molar refractivity (Wildman–Crippen MR) is 101 cm³/mol. The number of methoxy groups -OCH3 is 2. The number of halogens is 2. The zero-order valence-corrected chi connectivity index (χ0v) is 16.5. The van der Waals surface area contributed by atoms with Crippen molar-refractivity contribution in [3.63, 3.8) is 0 Å². The van der Waals surface area contributed by atoms with Crippen LogP contribution in [0.15, 0.2) is 36.4 Å². The standard InChI is InChI=1S/C18H20F2N2O5S/c1-11(18(23)21-15-7-5-12(19)9-14(15)20)22(28(4,24)25)16-10-13(26-2)6-8-17(16)27-3/h5-11H,1-4H3,(H,21,23)/t11-/m0/s1. The average molecular weight is 414 g/mol. The first-order valence-corrected chi connectivity index (χ1v) is 9.90. The predicted octanol–water partition coefficient (Wildman–Crippen LogP) is 2.78. The highest BCUT2D eigenvalue weighted by molar-refractivity contribution is 7.92. The van der Waals surface area contributed by atoms with Gasteiger partial charge in [-0.2, -0.15) is 0 Å². The molecule has 1 N–H and O–H groups in total. The third kappa shape index (κ3) is 4.69. The Morgan fingerprint density at radius 2 is 1.79 bits per heavy atom. The topological polar surface area (TPSA) is 84.9 Å². The van der Waals surface area contributed by atoms with Gasteiger partial charge in [0.25, 0.3) is 0 Å². The maximum atomic E-state index is 13.8. The lowest BCUT2D eigenvalue weighted by molar-refractivity contribution is -0.116. The highest BCUT2D eigenvalue weighted by Crippen LogP contribution is 2.35. The number of sulfonamides is 1. The van der Waals surface area contributed by atoms with Crippen LogP contribution in [0.2, 0.25) is 0 Å². The minimum atomic E-state index is -3.95. The van der Waals surface area contributed by atoms with Crippen LogP contribution in [-0.2, 0) is 14.8 Å². The molecule has 0 aromatic heterocycles. The molecule has 0 spiro atoms. The maximum Gasteiger partial charge on any atom is 0.248 e. The molecule has 7 nitrogen and oxygen atoms in total. The van der Waals surface area contributed by atoms with Crippen LogP contribution in [0.4, 0.5) is 20.2 Å². The average Bonchev–Trinajstić information content (AvgIpc) is 2.62. The highest BCUT2D eigenvalue weighted by Gasteiger charge is 2.32. The van der Waals surface area contributed by atoms with E-state index in [4.69, 9.17) is 9.47 Å². The summed E-state index contributed by atoms with van der Waals surface area (Å²) in [5.41, 5.74) is -0.198. The number of ether oxygens (including phenoxy) is 2. The summed E-state index contributed by atoms with van der Waals surface area (Å²) in [5, 5.41) is 2.27. The third-order valence-corrected chi connectivity index (χ3v) is 5.13. The van der Waals surface area contributed by atoms with Crippen LogP contribution in [0.5, 0.6) is 11.5 Å². The second kappa shape index (κ2) is 8.42. The van der Waals surface area contributed by atoms with Crippen LogP contribution in [-0.4, -0.2) is 40.8 Å². The van der Waals surface area contributed by atoms with Crippen LogP contribution in [0.3, 0.4) is 0 Å². The molecule has 0 aliphatic carbocycles. The van der Waals surface area contributed by atoms with E-state index < -0.39 is 33.6 Å². The van der Waals surface area contributed by atoms with Crippen LogP contribution >= 0.6 is 0 Å². The Kier molecular flexibility index (Phi) is 6.45. The van der Waals surface area contributed by atoms with Crippen molar-refractivity contribution in [2.45, 2.75) is 13.0 Å². The first-order chi connectivity index (χ1) is 13.1. The minimum absolute atomic E-state index is 0.0755. The number of carbonyl (C=O) groups excluding carboxylic acids is 1. The van der Waals surface area contributed by atoms with E-state index in [2.05, 4.69) is 5.32 Å². The fourth-order valence-electron chi connectivity index (χ4n) is 2.58. The first-order valence-electron chi connectivity index (χ1n) is 8.05. The lowest BCUT2D eigenvalue weighted by Gasteiger charge is -2.29. The molecule has 0 saturated carbocycles. The van der Waals surface area contributed by atoms with Crippen LogP contribution in [0.25, 0.3) is 0 Å². The molecule has 0 unspecified atom stereocenters. The molecular weight excluding hydrogens is 394 g/mol. The molecule has 2 rings (SSSR count). The second-order valence-corrected chi connectivity index (χ2v) is 7.75. The van der Waals surface area contributed by atoms with Gasteiger partial charge in [-0.15, -0.1) is 0 Å². The van der Waals surface area contributed by atoms with Crippen LogP contribution in [0, 0.1) is 11.6 Å². The van der Waals surface area contributed by atoms with Gasteiger partial charge in [0.15, 0.2) is 0 Å². The molecule has 0 aliphatic heterocycles. The van der Waals surface area contributed by atoms with Gasteiger partial charge in [-0.1, -0.05) is 0 Å². The van der Waals surface area contributed by atoms with Gasteiger partial charge in [-0.3, -0.25) is 9.10 Å². The summed E-state index contributed by atoms with van der Waals surface area (Å²) >= 11 is 0. The van der Waals surface area contributed by atoms with Gasteiger partial charge in [-0.25, -0.2) is 17.2 Å². The first kappa shape index (κ1) is 21.4. The zero-order chi connectivity index (χ0) is 21.1. The number of carbonyl (C=O) groups is 1. The summed E-state index contributed by atoms with van der Waals surface area (Å²) in [4.78, 5) is 12.6. The number of nitrogens with one attached hydrogen (secondary N) is 1. The second-order valence-electron chi connectivity index (χ2n) is 5.89. The highest BCUT2D eigenvalue weighted by atomic mass is 32.2. The molecule has 2 aromatic rings. The minimum Gasteiger partial charge on any atom is -0.497 e. The number of hydrogen-bond donors (Lipinski definition) is 1. The van der Waals surface area contributed by atoms with Gasteiger partial charge in [0, 0.05) is 12.1 Å². The van der Waals surface area contributed by atoms with Gasteiger partial charge >= 0.3 is 0 Å². The van der Waals surface area contributed by atoms with Crippen LogP contribution < -0.4 is 19.1 Å². The lowest BCUT2D eigenvalue weighted by Crippen LogP contribution is -2.45. The molecule has 0 radical (unpaired) electrons. The molecule has 1 atom stereocenters. The van der Waals surface area contributed by atoms with Crippen LogP contribution in [0.1, 0.15) is 6.92 Å². The van der Waals surface area contributed by atoms with Gasteiger partial charge in [0.05, 0.1) is 31.9 Å². The number of hydrogen-bond acceptors (Lipinski definition) is 5. The van der Waals surface area contributed by atoms with Crippen molar-refractivity contribution < 1.29 is 31.5 Å². The molecule has 1 amide bonds. The smallest absolute Gasteiger partial charge is 0.248 e. The van der Waals surface area contributed by atoms with Crippen molar-refractivity contribution in [2.75, 3.05) is 30.1 Å². The Balaban J connectivity index is 2.45. The molecule has 0 heterocycles. The van der Waals surface area contributed by atoms with E-state index in [9.17, 15) is 22.0 Å². The molecule has 152 valence electrons. The Morgan fingerprint density at radius 1 is 1.11 bits per heavy atom. The third-order valence-electron chi connectivity index (χ3n) is 3.90. The Labute approximate surface area is 161 Å². The van der Waals surface area contributed by atoms with Gasteiger partial charge in [0.2, 0.25) is 15.9 Å². The molecule has 0 bridgehead atoms. The van der Waals surface area contributed by atoms with Crippen molar-refractivity contribution in [3.05, 3.63) is 48.0 Å². The number of anilines is 2. The van der Waals surface area contributed by atoms with E-state index in [1.165, 1.54) is 33.3 Å². The summed E-state index contributed by atoms with van der Waals surface area (Å²) in [5.74, 6) is -2.06. The summed E-state index contributed by atoms with van der Waals surface area (Å²) in [6.07, 6.45) is 0.925. The number of benzene rings is 2. The number of nitrogens with zero attached hydrogens (tertiary/aromatic N) is 1. The van der Waals surface area contributed by atoms with Gasteiger partial charge in [0.1, 0.15) is 29.2 Å². The SMILES string of the molecule is COc1ccc(OC)c(N([C@@H](C)C(=O)Nc2ccc(F)cc2F)S(C)(=O)=O)c1. The monoisotopic (exact) mass is 414 g/mol. The largest absolute Gasteiger partial charge is 0.497 e. The van der Waals surface area contributed by atoms with Crippen molar-refractivity contribution in [1.29, 1.82) is 0 Å². The lowest BCUT2D eigenvalue weighted by atomic mass is 10.2. The summed E-state index contributed by atoms with van der Waals surface area (Å²) < 4.78 is 62.9. The maximum absolute atomic E-state index is 13.8. The molecule has 0 saturated heterocycles. The fourth-order valence-corrected chi connectivity index (χ4v) is 3.75. The fraction of sp³-hybridized carbons (Fsp3) is 0.278. The number of rotatable bonds is 7. The van der Waals surface area contributed by atoms with E-state index in [-0.39, 0.29) is 17.1 Å². The Bertz CT molecular complexity index is 982. The zero-order valence-electron chi connectivity index (χ0n) is 15.7. The van der Waals surface area contributed by atoms with E-state index in [1.54, 1.807) is 6.07 Å². The number of amides is 1.